The SMILES string of the molecule is Cc1nc2c(Cl)ccc(Cl)c2c(=O)o1. The van der Waals surface area contributed by atoms with E-state index in [0.717, 1.165) is 0 Å². The Hall–Kier alpha value is -1.06. The number of aromatic nitrogens is 1. The molecule has 2 aromatic rings. The van der Waals surface area contributed by atoms with Crippen molar-refractivity contribution < 1.29 is 4.42 Å². The quantitative estimate of drug-likeness (QED) is 0.698. The molecule has 0 N–H and O–H groups in total. The van der Waals surface area contributed by atoms with Gasteiger partial charge in [0.25, 0.3) is 0 Å². The van der Waals surface area contributed by atoms with E-state index in [2.05, 4.69) is 4.98 Å². The minimum atomic E-state index is -0.514. The summed E-state index contributed by atoms with van der Waals surface area (Å²) in [5, 5.41) is 0.913. The van der Waals surface area contributed by atoms with E-state index in [1.165, 1.54) is 0 Å². The summed E-state index contributed by atoms with van der Waals surface area (Å²) in [5.74, 6) is 0.270. The molecule has 5 heteroatoms. The summed E-state index contributed by atoms with van der Waals surface area (Å²) >= 11 is 11.7. The highest BCUT2D eigenvalue weighted by Crippen LogP contribution is 2.25. The highest BCUT2D eigenvalue weighted by atomic mass is 35.5. The number of hydrogen-bond donors (Lipinski definition) is 0. The molecule has 3 nitrogen and oxygen atoms in total. The third-order valence-corrected chi connectivity index (χ3v) is 2.41. The first-order valence-corrected chi connectivity index (χ1v) is 4.60. The average Bonchev–Trinajstić information content (AvgIpc) is 2.10. The normalized spacial score (nSPS) is 10.8. The Morgan fingerprint density at radius 1 is 1.29 bits per heavy atom. The maximum atomic E-state index is 11.4. The molecular formula is C9H5Cl2NO2. The maximum Gasteiger partial charge on any atom is 0.348 e. The molecule has 2 rings (SSSR count). The molecule has 0 aliphatic carbocycles. The molecule has 14 heavy (non-hydrogen) atoms. The smallest absolute Gasteiger partial charge is 0.348 e. The second-order valence-corrected chi connectivity index (χ2v) is 3.59. The lowest BCUT2D eigenvalue weighted by Crippen LogP contribution is -2.03. The van der Waals surface area contributed by atoms with Crippen LogP contribution in [0.5, 0.6) is 0 Å². The van der Waals surface area contributed by atoms with Gasteiger partial charge in [0.1, 0.15) is 10.9 Å². The van der Waals surface area contributed by atoms with Gasteiger partial charge in [-0.15, -0.1) is 0 Å². The molecule has 1 aromatic heterocycles. The van der Waals surface area contributed by atoms with Crippen molar-refractivity contribution in [3.8, 4) is 0 Å². The van der Waals surface area contributed by atoms with Crippen molar-refractivity contribution in [1.82, 2.24) is 4.98 Å². The standard InChI is InChI=1S/C9H5Cl2NO2/c1-4-12-8-6(11)3-2-5(10)7(8)9(13)14-4/h2-3H,1H3. The van der Waals surface area contributed by atoms with Crippen LogP contribution in [0.3, 0.4) is 0 Å². The highest BCUT2D eigenvalue weighted by Gasteiger charge is 2.10. The number of fused-ring (bicyclic) bond motifs is 1. The van der Waals surface area contributed by atoms with Crippen LogP contribution in [0.15, 0.2) is 21.3 Å². The first-order chi connectivity index (χ1) is 6.59. The lowest BCUT2D eigenvalue weighted by molar-refractivity contribution is 0.467. The summed E-state index contributed by atoms with van der Waals surface area (Å²) < 4.78 is 4.82. The van der Waals surface area contributed by atoms with Gasteiger partial charge in [0.2, 0.25) is 0 Å². The topological polar surface area (TPSA) is 43.1 Å². The molecule has 72 valence electrons. The fourth-order valence-corrected chi connectivity index (χ4v) is 1.64. The van der Waals surface area contributed by atoms with E-state index in [-0.39, 0.29) is 11.3 Å². The van der Waals surface area contributed by atoms with Gasteiger partial charge >= 0.3 is 5.63 Å². The zero-order valence-electron chi connectivity index (χ0n) is 7.17. The van der Waals surface area contributed by atoms with E-state index in [0.29, 0.717) is 15.6 Å². The van der Waals surface area contributed by atoms with Crippen molar-refractivity contribution in [2.24, 2.45) is 0 Å². The second kappa shape index (κ2) is 3.26. The summed E-state index contributed by atoms with van der Waals surface area (Å²) in [6, 6.07) is 3.14. The van der Waals surface area contributed by atoms with Crippen molar-refractivity contribution in [2.45, 2.75) is 6.92 Å². The van der Waals surface area contributed by atoms with E-state index in [1.54, 1.807) is 19.1 Å². The molecule has 0 atom stereocenters. The first kappa shape index (κ1) is 9.49. The van der Waals surface area contributed by atoms with Crippen LogP contribution >= 0.6 is 23.2 Å². The zero-order chi connectivity index (χ0) is 10.3. The van der Waals surface area contributed by atoms with Gasteiger partial charge in [-0.05, 0) is 12.1 Å². The number of halogens is 2. The van der Waals surface area contributed by atoms with Gasteiger partial charge in [0, 0.05) is 6.92 Å². The third-order valence-electron chi connectivity index (χ3n) is 1.79. The second-order valence-electron chi connectivity index (χ2n) is 2.77. The Morgan fingerprint density at radius 3 is 2.64 bits per heavy atom. The van der Waals surface area contributed by atoms with E-state index < -0.39 is 5.63 Å². The molecule has 0 bridgehead atoms. The van der Waals surface area contributed by atoms with Crippen molar-refractivity contribution in [2.75, 3.05) is 0 Å². The van der Waals surface area contributed by atoms with E-state index >= 15 is 0 Å². The molecule has 1 heterocycles. The van der Waals surface area contributed by atoms with Crippen LogP contribution in [0, 0.1) is 6.92 Å². The van der Waals surface area contributed by atoms with Crippen LogP contribution in [0.4, 0.5) is 0 Å². The Labute approximate surface area is 89.3 Å². The Morgan fingerprint density at radius 2 is 1.93 bits per heavy atom. The molecule has 0 saturated heterocycles. The summed E-state index contributed by atoms with van der Waals surface area (Å²) in [7, 11) is 0. The van der Waals surface area contributed by atoms with Gasteiger partial charge < -0.3 is 4.42 Å². The zero-order valence-corrected chi connectivity index (χ0v) is 8.69. The fourth-order valence-electron chi connectivity index (χ4n) is 1.21. The summed E-state index contributed by atoms with van der Waals surface area (Å²) in [6.07, 6.45) is 0. The molecule has 0 aliphatic rings. The number of nitrogens with zero attached hydrogens (tertiary/aromatic N) is 1. The van der Waals surface area contributed by atoms with Crippen molar-refractivity contribution >= 4 is 34.1 Å². The highest BCUT2D eigenvalue weighted by molar-refractivity contribution is 6.39. The Balaban J connectivity index is 3.08. The first-order valence-electron chi connectivity index (χ1n) is 3.85. The van der Waals surface area contributed by atoms with Gasteiger partial charge in [-0.2, -0.15) is 0 Å². The monoisotopic (exact) mass is 229 g/mol. The number of rotatable bonds is 0. The molecule has 0 aliphatic heterocycles. The van der Waals surface area contributed by atoms with E-state index in [1.807, 2.05) is 0 Å². The van der Waals surface area contributed by atoms with Crippen LogP contribution in [-0.2, 0) is 0 Å². The number of benzene rings is 1. The molecule has 0 radical (unpaired) electrons. The maximum absolute atomic E-state index is 11.4. The fraction of sp³-hybridized carbons (Fsp3) is 0.111. The van der Waals surface area contributed by atoms with Crippen LogP contribution in [-0.4, -0.2) is 4.98 Å². The summed E-state index contributed by atoms with van der Waals surface area (Å²) in [6.45, 7) is 1.58. The van der Waals surface area contributed by atoms with Gasteiger partial charge in [0.15, 0.2) is 5.89 Å². The van der Waals surface area contributed by atoms with Crippen LogP contribution in [0.1, 0.15) is 5.89 Å². The molecule has 0 amide bonds. The minimum Gasteiger partial charge on any atom is -0.408 e. The molecular weight excluding hydrogens is 225 g/mol. The van der Waals surface area contributed by atoms with E-state index in [4.69, 9.17) is 27.6 Å². The third kappa shape index (κ3) is 1.38. The van der Waals surface area contributed by atoms with Crippen LogP contribution in [0.2, 0.25) is 10.0 Å². The molecule has 0 fully saturated rings. The van der Waals surface area contributed by atoms with Gasteiger partial charge in [-0.25, -0.2) is 9.78 Å². The van der Waals surface area contributed by atoms with Crippen molar-refractivity contribution in [1.29, 1.82) is 0 Å². The lowest BCUT2D eigenvalue weighted by Gasteiger charge is -2.00. The minimum absolute atomic E-state index is 0.227. The molecule has 0 saturated carbocycles. The Bertz CT molecular complexity index is 562. The van der Waals surface area contributed by atoms with Gasteiger partial charge in [0.05, 0.1) is 10.0 Å². The van der Waals surface area contributed by atoms with Crippen LogP contribution < -0.4 is 5.63 Å². The molecule has 0 spiro atoms. The summed E-state index contributed by atoms with van der Waals surface area (Å²) in [5.41, 5.74) is -0.132. The molecule has 1 aromatic carbocycles. The average molecular weight is 230 g/mol. The van der Waals surface area contributed by atoms with E-state index in [9.17, 15) is 4.79 Å². The van der Waals surface area contributed by atoms with Crippen LogP contribution in [0.25, 0.3) is 10.9 Å². The number of hydrogen-bond acceptors (Lipinski definition) is 3. The predicted octanol–water partition coefficient (Wildman–Crippen LogP) is 2.80. The Kier molecular flexibility index (Phi) is 2.21. The predicted molar refractivity (Wildman–Crippen MR) is 55.0 cm³/mol. The largest absolute Gasteiger partial charge is 0.408 e. The lowest BCUT2D eigenvalue weighted by atomic mass is 10.2. The van der Waals surface area contributed by atoms with Gasteiger partial charge in [-0.1, -0.05) is 23.2 Å². The van der Waals surface area contributed by atoms with Crippen molar-refractivity contribution in [3.63, 3.8) is 0 Å². The number of aryl methyl sites for hydroxylation is 1. The molecule has 0 unspecified atom stereocenters. The summed E-state index contributed by atoms with van der Waals surface area (Å²) in [4.78, 5) is 15.4. The van der Waals surface area contributed by atoms with Crippen molar-refractivity contribution in [3.05, 3.63) is 38.5 Å². The van der Waals surface area contributed by atoms with Gasteiger partial charge in [-0.3, -0.25) is 0 Å².